The molecule has 0 saturated heterocycles. The molecule has 1 fully saturated rings. The van der Waals surface area contributed by atoms with Crippen molar-refractivity contribution in [3.63, 3.8) is 0 Å². The molecular formula is C21H22N2O3. The molecule has 2 aromatic rings. The molecule has 4 rings (SSSR count). The first-order valence-electron chi connectivity index (χ1n) is 8.94. The minimum absolute atomic E-state index is 0.0632. The first-order valence-corrected chi connectivity index (χ1v) is 8.94. The highest BCUT2D eigenvalue weighted by atomic mass is 16.5. The highest BCUT2D eigenvalue weighted by Crippen LogP contribution is 2.44. The Hall–Kier alpha value is -2.82. The smallest absolute Gasteiger partial charge is 0.231 e. The van der Waals surface area contributed by atoms with Crippen LogP contribution in [0, 0.1) is 11.8 Å². The number of anilines is 2. The normalized spacial score (nSPS) is 23.3. The van der Waals surface area contributed by atoms with Crippen molar-refractivity contribution < 1.29 is 14.3 Å². The summed E-state index contributed by atoms with van der Waals surface area (Å²) in [5, 5.41) is 2.89. The summed E-state index contributed by atoms with van der Waals surface area (Å²) in [7, 11) is 1.59. The molecule has 1 saturated carbocycles. The predicted molar refractivity (Wildman–Crippen MR) is 100 cm³/mol. The SMILES string of the molecule is COc1cccc(NC(=O)C2CC2C(=O)N2c3ccccc3CC2C)c1. The number of nitrogens with one attached hydrogen (secondary N) is 1. The molecule has 2 aliphatic rings. The number of nitrogens with zero attached hydrogens (tertiary/aromatic N) is 1. The Balaban J connectivity index is 1.43. The van der Waals surface area contributed by atoms with Crippen LogP contribution in [-0.4, -0.2) is 25.0 Å². The van der Waals surface area contributed by atoms with Crippen LogP contribution in [-0.2, 0) is 16.0 Å². The number of carbonyl (C=O) groups excluding carboxylic acids is 2. The third-order valence-electron chi connectivity index (χ3n) is 5.23. The van der Waals surface area contributed by atoms with Gasteiger partial charge >= 0.3 is 0 Å². The maximum Gasteiger partial charge on any atom is 0.231 e. The maximum absolute atomic E-state index is 13.0. The summed E-state index contributed by atoms with van der Waals surface area (Å²) in [5.41, 5.74) is 2.88. The molecular weight excluding hydrogens is 328 g/mol. The number of ether oxygens (including phenoxy) is 1. The van der Waals surface area contributed by atoms with Crippen LogP contribution in [0.5, 0.6) is 5.75 Å². The second-order valence-corrected chi connectivity index (χ2v) is 7.06. The summed E-state index contributed by atoms with van der Waals surface area (Å²) in [6.45, 7) is 2.06. The van der Waals surface area contributed by atoms with Crippen LogP contribution in [0.3, 0.4) is 0 Å². The van der Waals surface area contributed by atoms with E-state index in [1.165, 1.54) is 5.56 Å². The van der Waals surface area contributed by atoms with E-state index in [1.54, 1.807) is 13.2 Å². The van der Waals surface area contributed by atoms with Crippen LogP contribution >= 0.6 is 0 Å². The van der Waals surface area contributed by atoms with E-state index < -0.39 is 0 Å². The number of carbonyl (C=O) groups is 2. The van der Waals surface area contributed by atoms with Gasteiger partial charge in [-0.05, 0) is 43.5 Å². The van der Waals surface area contributed by atoms with E-state index in [9.17, 15) is 9.59 Å². The van der Waals surface area contributed by atoms with Crippen LogP contribution in [0.15, 0.2) is 48.5 Å². The number of hydrogen-bond donors (Lipinski definition) is 1. The zero-order valence-electron chi connectivity index (χ0n) is 14.9. The quantitative estimate of drug-likeness (QED) is 0.921. The van der Waals surface area contributed by atoms with Crippen LogP contribution in [0.25, 0.3) is 0 Å². The van der Waals surface area contributed by atoms with Crippen molar-refractivity contribution in [3.05, 3.63) is 54.1 Å². The Kier molecular flexibility index (Phi) is 4.15. The van der Waals surface area contributed by atoms with Crippen LogP contribution in [0.4, 0.5) is 11.4 Å². The molecule has 2 aromatic carbocycles. The van der Waals surface area contributed by atoms with Gasteiger partial charge in [0.15, 0.2) is 0 Å². The predicted octanol–water partition coefficient (Wildman–Crippen LogP) is 3.25. The number of methoxy groups -OCH3 is 1. The lowest BCUT2D eigenvalue weighted by molar-refractivity contribution is -0.123. The van der Waals surface area contributed by atoms with Gasteiger partial charge in [-0.15, -0.1) is 0 Å². The van der Waals surface area contributed by atoms with Gasteiger partial charge in [0.05, 0.1) is 18.9 Å². The molecule has 5 heteroatoms. The van der Waals surface area contributed by atoms with Crippen molar-refractivity contribution in [3.8, 4) is 5.75 Å². The number of rotatable bonds is 4. The molecule has 5 nitrogen and oxygen atoms in total. The molecule has 26 heavy (non-hydrogen) atoms. The Morgan fingerprint density at radius 1 is 1.12 bits per heavy atom. The van der Waals surface area contributed by atoms with Gasteiger partial charge in [-0.1, -0.05) is 24.3 Å². The molecule has 3 atom stereocenters. The Morgan fingerprint density at radius 3 is 2.73 bits per heavy atom. The van der Waals surface area contributed by atoms with Crippen molar-refractivity contribution in [1.29, 1.82) is 0 Å². The van der Waals surface area contributed by atoms with E-state index in [0.717, 1.165) is 12.1 Å². The van der Waals surface area contributed by atoms with Gasteiger partial charge in [0, 0.05) is 23.5 Å². The maximum atomic E-state index is 13.0. The van der Waals surface area contributed by atoms with Gasteiger partial charge in [-0.3, -0.25) is 9.59 Å². The second kappa shape index (κ2) is 6.48. The van der Waals surface area contributed by atoms with Crippen molar-refractivity contribution in [2.24, 2.45) is 11.8 Å². The van der Waals surface area contributed by atoms with E-state index in [4.69, 9.17) is 4.74 Å². The van der Waals surface area contributed by atoms with Gasteiger partial charge in [0.1, 0.15) is 5.75 Å². The highest BCUT2D eigenvalue weighted by Gasteiger charge is 2.51. The van der Waals surface area contributed by atoms with Crippen molar-refractivity contribution in [1.82, 2.24) is 0 Å². The van der Waals surface area contributed by atoms with Gasteiger partial charge in [0.2, 0.25) is 11.8 Å². The van der Waals surface area contributed by atoms with Gasteiger partial charge < -0.3 is 15.0 Å². The molecule has 1 heterocycles. The average molecular weight is 350 g/mol. The molecule has 0 spiro atoms. The standard InChI is InChI=1S/C21H22N2O3/c1-13-10-14-6-3-4-9-19(14)23(13)21(25)18-12-17(18)20(24)22-15-7-5-8-16(11-15)26-2/h3-9,11,13,17-18H,10,12H2,1-2H3,(H,22,24). The molecule has 0 aromatic heterocycles. The lowest BCUT2D eigenvalue weighted by Crippen LogP contribution is -2.37. The van der Waals surface area contributed by atoms with Crippen molar-refractivity contribution >= 4 is 23.2 Å². The average Bonchev–Trinajstić information content (AvgIpc) is 3.38. The summed E-state index contributed by atoms with van der Waals surface area (Å²) in [6.07, 6.45) is 1.48. The summed E-state index contributed by atoms with van der Waals surface area (Å²) in [5.74, 6) is 0.168. The number of para-hydroxylation sites is 1. The van der Waals surface area contributed by atoms with Crippen molar-refractivity contribution in [2.75, 3.05) is 17.3 Å². The third-order valence-corrected chi connectivity index (χ3v) is 5.23. The summed E-state index contributed by atoms with van der Waals surface area (Å²) in [4.78, 5) is 27.4. The second-order valence-electron chi connectivity index (χ2n) is 7.06. The number of fused-ring (bicyclic) bond motifs is 1. The molecule has 134 valence electrons. The monoisotopic (exact) mass is 350 g/mol. The van der Waals surface area contributed by atoms with Gasteiger partial charge in [-0.25, -0.2) is 0 Å². The van der Waals surface area contributed by atoms with Crippen LogP contribution in [0.2, 0.25) is 0 Å². The van der Waals surface area contributed by atoms with E-state index in [2.05, 4.69) is 18.3 Å². The van der Waals surface area contributed by atoms with Gasteiger partial charge in [0.25, 0.3) is 0 Å². The van der Waals surface area contributed by atoms with Crippen LogP contribution < -0.4 is 15.0 Å². The first-order chi connectivity index (χ1) is 12.6. The Morgan fingerprint density at radius 2 is 1.92 bits per heavy atom. The molecule has 0 radical (unpaired) electrons. The van der Waals surface area contributed by atoms with E-state index in [0.29, 0.717) is 17.9 Å². The minimum atomic E-state index is -0.256. The van der Waals surface area contributed by atoms with E-state index in [1.807, 2.05) is 41.3 Å². The summed E-state index contributed by atoms with van der Waals surface area (Å²) in [6, 6.07) is 15.4. The summed E-state index contributed by atoms with van der Waals surface area (Å²) < 4.78 is 5.17. The topological polar surface area (TPSA) is 58.6 Å². The zero-order valence-corrected chi connectivity index (χ0v) is 14.9. The summed E-state index contributed by atoms with van der Waals surface area (Å²) >= 11 is 0. The van der Waals surface area contributed by atoms with E-state index in [-0.39, 0.29) is 29.7 Å². The molecule has 1 N–H and O–H groups in total. The fourth-order valence-electron chi connectivity index (χ4n) is 3.77. The Bertz CT molecular complexity index is 864. The Labute approximate surface area is 153 Å². The number of amides is 2. The largest absolute Gasteiger partial charge is 0.497 e. The fraction of sp³-hybridized carbons (Fsp3) is 0.333. The van der Waals surface area contributed by atoms with E-state index >= 15 is 0 Å². The minimum Gasteiger partial charge on any atom is -0.497 e. The molecule has 1 aliphatic carbocycles. The number of hydrogen-bond acceptors (Lipinski definition) is 3. The molecule has 3 unspecified atom stereocenters. The highest BCUT2D eigenvalue weighted by molar-refractivity contribution is 6.05. The fourth-order valence-corrected chi connectivity index (χ4v) is 3.77. The number of benzene rings is 2. The van der Waals surface area contributed by atoms with Crippen molar-refractivity contribution in [2.45, 2.75) is 25.8 Å². The lowest BCUT2D eigenvalue weighted by atomic mass is 10.1. The van der Waals surface area contributed by atoms with Crippen LogP contribution in [0.1, 0.15) is 18.9 Å². The molecule has 1 aliphatic heterocycles. The molecule has 0 bridgehead atoms. The molecule has 2 amide bonds. The lowest BCUT2D eigenvalue weighted by Gasteiger charge is -2.23. The van der Waals surface area contributed by atoms with Gasteiger partial charge in [-0.2, -0.15) is 0 Å². The third kappa shape index (κ3) is 2.94. The zero-order chi connectivity index (χ0) is 18.3. The first kappa shape index (κ1) is 16.6.